The van der Waals surface area contributed by atoms with E-state index in [1.165, 1.54) is 6.08 Å². The van der Waals surface area contributed by atoms with Crippen LogP contribution < -0.4 is 0 Å². The number of carbonyl (C=O) groups is 1. The molecule has 1 unspecified atom stereocenters. The Kier molecular flexibility index (Phi) is 3.55. The number of aliphatic hydroxyl groups is 2. The Morgan fingerprint density at radius 2 is 2.08 bits per heavy atom. The van der Waals surface area contributed by atoms with E-state index in [0.717, 1.165) is 5.57 Å². The minimum Gasteiger partial charge on any atom is -0.456 e. The van der Waals surface area contributed by atoms with E-state index >= 15 is 0 Å². The summed E-state index contributed by atoms with van der Waals surface area (Å²) in [7, 11) is 0. The smallest absolute Gasteiger partial charge is 0.330 e. The lowest BCUT2D eigenvalue weighted by molar-refractivity contribution is -0.216. The van der Waals surface area contributed by atoms with Gasteiger partial charge in [-0.1, -0.05) is 26.0 Å². The predicted molar refractivity (Wildman–Crippen MR) is 88.6 cm³/mol. The van der Waals surface area contributed by atoms with Crippen LogP contribution in [0.4, 0.5) is 0 Å². The van der Waals surface area contributed by atoms with E-state index in [-0.39, 0.29) is 6.10 Å². The Labute approximate surface area is 147 Å². The molecule has 0 aromatic carbocycles. The van der Waals surface area contributed by atoms with Gasteiger partial charge in [-0.3, -0.25) is 0 Å². The molecule has 0 amide bonds. The highest BCUT2D eigenvalue weighted by molar-refractivity contribution is 5.82. The molecule has 2 N–H and O–H groups in total. The largest absolute Gasteiger partial charge is 0.456 e. The molecule has 8 atom stereocenters. The molecule has 2 bridgehead atoms. The van der Waals surface area contributed by atoms with Crippen LogP contribution in [0.2, 0.25) is 0 Å². The van der Waals surface area contributed by atoms with Crippen molar-refractivity contribution in [3.63, 3.8) is 0 Å². The van der Waals surface area contributed by atoms with Crippen LogP contribution >= 0.6 is 0 Å². The zero-order valence-corrected chi connectivity index (χ0v) is 15.1. The first-order valence-electron chi connectivity index (χ1n) is 8.88. The quantitative estimate of drug-likeness (QED) is 0.336. The molecule has 2 aliphatic heterocycles. The summed E-state index contributed by atoms with van der Waals surface area (Å²) < 4.78 is 17.8. The molecule has 0 radical (unpaired) electrons. The molecule has 6 heteroatoms. The summed E-state index contributed by atoms with van der Waals surface area (Å²) in [5, 5.41) is 21.4. The fraction of sp³-hybridized carbons (Fsp3) is 0.737. The summed E-state index contributed by atoms with van der Waals surface area (Å²) in [6.45, 7) is 8.13. The minimum atomic E-state index is -0.963. The number of epoxide rings is 1. The summed E-state index contributed by atoms with van der Waals surface area (Å²) in [5.41, 5.74) is -0.994. The van der Waals surface area contributed by atoms with Crippen molar-refractivity contribution in [3.8, 4) is 0 Å². The van der Waals surface area contributed by atoms with Crippen LogP contribution in [-0.4, -0.2) is 58.9 Å². The normalized spacial score (nSPS) is 53.7. The van der Waals surface area contributed by atoms with Crippen LogP contribution in [0.5, 0.6) is 0 Å². The minimum absolute atomic E-state index is 0.263. The predicted octanol–water partition coefficient (Wildman–Crippen LogP) is 1.11. The Morgan fingerprint density at radius 3 is 2.68 bits per heavy atom. The molecule has 1 spiro atoms. The van der Waals surface area contributed by atoms with Crippen molar-refractivity contribution >= 4 is 5.97 Å². The van der Waals surface area contributed by atoms with Crippen LogP contribution in [0.15, 0.2) is 23.8 Å². The van der Waals surface area contributed by atoms with Gasteiger partial charge in [-0.05, 0) is 25.8 Å². The second-order valence-electron chi connectivity index (χ2n) is 8.25. The van der Waals surface area contributed by atoms with E-state index in [9.17, 15) is 15.0 Å². The lowest BCUT2D eigenvalue weighted by Gasteiger charge is -2.57. The second kappa shape index (κ2) is 5.16. The van der Waals surface area contributed by atoms with Crippen LogP contribution in [-0.2, 0) is 19.0 Å². The van der Waals surface area contributed by atoms with E-state index in [1.54, 1.807) is 13.0 Å². The SMILES string of the molecule is C/C=C\C(=O)O[C@@H]1[C@@H](O)[C@H]2O[C@@H]3C=C(C)[C@@H](O)C[C@]3(C)[C@]1(C)C21CO1. The van der Waals surface area contributed by atoms with Gasteiger partial charge in [-0.2, -0.15) is 0 Å². The lowest BCUT2D eigenvalue weighted by Crippen LogP contribution is -2.65. The maximum atomic E-state index is 12.1. The van der Waals surface area contributed by atoms with Crippen molar-refractivity contribution in [1.82, 2.24) is 0 Å². The Bertz CT molecular complexity index is 665. The molecular weight excluding hydrogens is 324 g/mol. The monoisotopic (exact) mass is 350 g/mol. The van der Waals surface area contributed by atoms with Crippen LogP contribution in [0, 0.1) is 10.8 Å². The van der Waals surface area contributed by atoms with E-state index in [0.29, 0.717) is 13.0 Å². The van der Waals surface area contributed by atoms with Crippen LogP contribution in [0.1, 0.15) is 34.1 Å². The van der Waals surface area contributed by atoms with Crippen molar-refractivity contribution in [2.45, 2.75) is 70.2 Å². The molecule has 25 heavy (non-hydrogen) atoms. The molecule has 0 aromatic heterocycles. The number of hydrogen-bond donors (Lipinski definition) is 2. The first-order chi connectivity index (χ1) is 11.7. The molecule has 3 fully saturated rings. The van der Waals surface area contributed by atoms with Crippen molar-refractivity contribution in [3.05, 3.63) is 23.8 Å². The van der Waals surface area contributed by atoms with E-state index in [1.807, 2.05) is 26.8 Å². The summed E-state index contributed by atoms with van der Waals surface area (Å²) in [4.78, 5) is 12.1. The van der Waals surface area contributed by atoms with E-state index in [2.05, 4.69) is 0 Å². The Balaban J connectivity index is 1.81. The summed E-state index contributed by atoms with van der Waals surface area (Å²) >= 11 is 0. The van der Waals surface area contributed by atoms with Crippen LogP contribution in [0.3, 0.4) is 0 Å². The third kappa shape index (κ3) is 1.91. The first kappa shape index (κ1) is 17.2. The van der Waals surface area contributed by atoms with Gasteiger partial charge in [0.15, 0.2) is 0 Å². The molecule has 138 valence electrons. The van der Waals surface area contributed by atoms with Gasteiger partial charge < -0.3 is 24.4 Å². The second-order valence-corrected chi connectivity index (χ2v) is 8.25. The fourth-order valence-corrected chi connectivity index (χ4v) is 5.41. The molecule has 4 rings (SSSR count). The highest BCUT2D eigenvalue weighted by atomic mass is 16.7. The van der Waals surface area contributed by atoms with Gasteiger partial charge in [-0.15, -0.1) is 0 Å². The highest BCUT2D eigenvalue weighted by Gasteiger charge is 2.84. The number of aliphatic hydroxyl groups excluding tert-OH is 2. The first-order valence-corrected chi connectivity index (χ1v) is 8.88. The summed E-state index contributed by atoms with van der Waals surface area (Å²) in [5.74, 6) is -0.487. The molecule has 1 saturated carbocycles. The average Bonchev–Trinajstić information content (AvgIpc) is 3.32. The van der Waals surface area contributed by atoms with Gasteiger partial charge in [0.25, 0.3) is 0 Å². The molecule has 2 heterocycles. The fourth-order valence-electron chi connectivity index (χ4n) is 5.41. The lowest BCUT2D eigenvalue weighted by atomic mass is 9.51. The maximum Gasteiger partial charge on any atom is 0.330 e. The Morgan fingerprint density at radius 1 is 1.40 bits per heavy atom. The van der Waals surface area contributed by atoms with Crippen molar-refractivity contribution in [2.75, 3.05) is 6.61 Å². The van der Waals surface area contributed by atoms with Gasteiger partial charge in [0.1, 0.15) is 23.9 Å². The van der Waals surface area contributed by atoms with E-state index < -0.39 is 46.8 Å². The molecular formula is C19H26O6. The number of carbonyl (C=O) groups excluding carboxylic acids is 1. The standard InChI is InChI=1S/C19H26O6/c1-5-6-13(21)25-15-14(22)16-19(9-23-19)18(15,4)17(3)8-11(20)10(2)7-12(17)24-16/h5-7,11-12,14-16,20,22H,8-9H2,1-4H3/b6-5-/t11-,12+,14+,15+,16+,17-,18+,19?/m0/s1. The highest BCUT2D eigenvalue weighted by Crippen LogP contribution is 2.71. The van der Waals surface area contributed by atoms with Gasteiger partial charge in [0.05, 0.1) is 18.8 Å². The van der Waals surface area contributed by atoms with Crippen molar-refractivity contribution in [1.29, 1.82) is 0 Å². The Hall–Kier alpha value is -1.21. The number of allylic oxidation sites excluding steroid dienone is 1. The summed E-state index contributed by atoms with van der Waals surface area (Å²) in [6, 6.07) is 0. The van der Waals surface area contributed by atoms with Gasteiger partial charge in [0.2, 0.25) is 0 Å². The number of hydrogen-bond acceptors (Lipinski definition) is 6. The van der Waals surface area contributed by atoms with Gasteiger partial charge in [-0.25, -0.2) is 4.79 Å². The third-order valence-corrected chi connectivity index (χ3v) is 7.19. The average molecular weight is 350 g/mol. The van der Waals surface area contributed by atoms with Gasteiger partial charge in [0, 0.05) is 16.9 Å². The van der Waals surface area contributed by atoms with Crippen molar-refractivity contribution in [2.24, 2.45) is 10.8 Å². The van der Waals surface area contributed by atoms with E-state index in [4.69, 9.17) is 14.2 Å². The third-order valence-electron chi connectivity index (χ3n) is 7.19. The topological polar surface area (TPSA) is 88.5 Å². The number of rotatable bonds is 2. The zero-order chi connectivity index (χ0) is 18.2. The van der Waals surface area contributed by atoms with Crippen LogP contribution in [0.25, 0.3) is 0 Å². The maximum absolute atomic E-state index is 12.1. The number of fused-ring (bicyclic) bond motifs is 2. The molecule has 2 aliphatic carbocycles. The van der Waals surface area contributed by atoms with Crippen molar-refractivity contribution < 1.29 is 29.2 Å². The number of ether oxygens (including phenoxy) is 3. The summed E-state index contributed by atoms with van der Waals surface area (Å²) in [6.07, 6.45) is 2.26. The molecule has 4 aliphatic rings. The molecule has 0 aromatic rings. The zero-order valence-electron chi connectivity index (χ0n) is 15.1. The molecule has 2 saturated heterocycles. The number of esters is 1. The molecule has 6 nitrogen and oxygen atoms in total. The van der Waals surface area contributed by atoms with Gasteiger partial charge >= 0.3 is 5.97 Å².